The van der Waals surface area contributed by atoms with E-state index in [1.807, 2.05) is 0 Å². The van der Waals surface area contributed by atoms with Crippen molar-refractivity contribution in [2.75, 3.05) is 13.7 Å². The number of amides is 1. The van der Waals surface area contributed by atoms with Gasteiger partial charge in [-0.1, -0.05) is 18.2 Å². The van der Waals surface area contributed by atoms with Crippen molar-refractivity contribution in [3.8, 4) is 5.75 Å². The fourth-order valence-electron chi connectivity index (χ4n) is 2.44. The topological polar surface area (TPSA) is 87.1 Å². The fourth-order valence-corrected chi connectivity index (χ4v) is 2.44. The summed E-state index contributed by atoms with van der Waals surface area (Å²) in [4.78, 5) is 24.6. The molecule has 1 aromatic rings. The van der Waals surface area contributed by atoms with Gasteiger partial charge in [0.25, 0.3) is 0 Å². The number of methoxy groups -OCH3 is 1. The number of carbonyl (C=O) groups excluding carboxylic acids is 1. The van der Waals surface area contributed by atoms with Crippen molar-refractivity contribution in [2.45, 2.75) is 25.0 Å². The summed E-state index contributed by atoms with van der Waals surface area (Å²) < 4.78 is 5.17. The number of ether oxygens (including phenoxy) is 1. The first kappa shape index (κ1) is 14.3. The Morgan fingerprint density at radius 2 is 2.10 bits per heavy atom. The predicted molar refractivity (Wildman–Crippen MR) is 70.5 cm³/mol. The maximum absolute atomic E-state index is 12.2. The van der Waals surface area contributed by atoms with Gasteiger partial charge < -0.3 is 19.8 Å². The van der Waals surface area contributed by atoms with Gasteiger partial charge in [0.1, 0.15) is 11.8 Å². The number of hydrogen-bond acceptors (Lipinski definition) is 4. The lowest BCUT2D eigenvalue weighted by molar-refractivity contribution is -0.148. The molecule has 6 heteroatoms. The first-order chi connectivity index (χ1) is 9.52. The first-order valence-corrected chi connectivity index (χ1v) is 6.35. The Bertz CT molecular complexity index is 516. The Balaban J connectivity index is 2.13. The number of aliphatic carboxylic acids is 1. The Morgan fingerprint density at radius 1 is 1.40 bits per heavy atom. The third kappa shape index (κ3) is 2.91. The molecule has 2 atom stereocenters. The smallest absolute Gasteiger partial charge is 0.326 e. The number of carboxylic acid groups (broad SMARTS) is 1. The van der Waals surface area contributed by atoms with Crippen molar-refractivity contribution in [3.05, 3.63) is 29.8 Å². The number of rotatable bonds is 4. The molecule has 2 rings (SSSR count). The second-order valence-corrected chi connectivity index (χ2v) is 4.78. The van der Waals surface area contributed by atoms with Gasteiger partial charge in [-0.25, -0.2) is 4.79 Å². The van der Waals surface area contributed by atoms with E-state index >= 15 is 0 Å². The molecule has 1 heterocycles. The normalized spacial score (nSPS) is 21.8. The number of likely N-dealkylation sites (tertiary alicyclic amines) is 1. The molecule has 0 bridgehead atoms. The number of β-amino-alcohol motifs (C(OH)–C–C–N with tert-alkyl or cyclic N) is 1. The van der Waals surface area contributed by atoms with Crippen LogP contribution in [0.4, 0.5) is 0 Å². The largest absolute Gasteiger partial charge is 0.496 e. The van der Waals surface area contributed by atoms with E-state index in [0.717, 1.165) is 0 Å². The summed E-state index contributed by atoms with van der Waals surface area (Å²) in [7, 11) is 1.52. The number of benzene rings is 1. The maximum atomic E-state index is 12.2. The summed E-state index contributed by atoms with van der Waals surface area (Å²) in [5.74, 6) is -0.819. The average Bonchev–Trinajstić information content (AvgIpc) is 2.82. The molecule has 0 radical (unpaired) electrons. The third-order valence-corrected chi connectivity index (χ3v) is 3.42. The van der Waals surface area contributed by atoms with Crippen molar-refractivity contribution in [1.29, 1.82) is 0 Å². The molecule has 2 N–H and O–H groups in total. The van der Waals surface area contributed by atoms with Crippen LogP contribution in [0.3, 0.4) is 0 Å². The molecule has 0 saturated carbocycles. The van der Waals surface area contributed by atoms with Crippen molar-refractivity contribution in [3.63, 3.8) is 0 Å². The molecule has 0 aromatic heterocycles. The Hall–Kier alpha value is -2.08. The van der Waals surface area contributed by atoms with Crippen LogP contribution < -0.4 is 4.74 Å². The van der Waals surface area contributed by atoms with Crippen molar-refractivity contribution >= 4 is 11.9 Å². The second-order valence-electron chi connectivity index (χ2n) is 4.78. The van der Waals surface area contributed by atoms with Gasteiger partial charge in [0.15, 0.2) is 0 Å². The summed E-state index contributed by atoms with van der Waals surface area (Å²) >= 11 is 0. The minimum Gasteiger partial charge on any atom is -0.496 e. The van der Waals surface area contributed by atoms with Crippen LogP contribution in [-0.2, 0) is 16.0 Å². The molecular weight excluding hydrogens is 262 g/mol. The minimum absolute atomic E-state index is 0.0561. The highest BCUT2D eigenvalue weighted by atomic mass is 16.5. The van der Waals surface area contributed by atoms with Crippen molar-refractivity contribution in [2.24, 2.45) is 0 Å². The number of para-hydroxylation sites is 1. The Kier molecular flexibility index (Phi) is 4.24. The zero-order valence-corrected chi connectivity index (χ0v) is 11.2. The monoisotopic (exact) mass is 279 g/mol. The number of nitrogens with zero attached hydrogens (tertiary/aromatic N) is 1. The van der Waals surface area contributed by atoms with E-state index in [1.54, 1.807) is 24.3 Å². The lowest BCUT2D eigenvalue weighted by Crippen LogP contribution is -2.41. The zero-order valence-electron chi connectivity index (χ0n) is 11.2. The highest BCUT2D eigenvalue weighted by Crippen LogP contribution is 2.22. The molecule has 2 unspecified atom stereocenters. The standard InChI is InChI=1S/C14H17NO5/c1-20-12-5-3-2-4-9(12)6-13(17)15-8-10(16)7-11(15)14(18)19/h2-5,10-11,16H,6-8H2,1H3,(H,18,19). The molecule has 1 fully saturated rings. The second kappa shape index (κ2) is 5.92. The highest BCUT2D eigenvalue weighted by molar-refractivity contribution is 5.86. The quantitative estimate of drug-likeness (QED) is 0.827. The molecule has 1 aromatic carbocycles. The highest BCUT2D eigenvalue weighted by Gasteiger charge is 2.38. The van der Waals surface area contributed by atoms with Gasteiger partial charge in [0.05, 0.1) is 19.6 Å². The Morgan fingerprint density at radius 3 is 2.75 bits per heavy atom. The van der Waals surface area contributed by atoms with Gasteiger partial charge in [0.2, 0.25) is 5.91 Å². The van der Waals surface area contributed by atoms with E-state index in [2.05, 4.69) is 0 Å². The van der Waals surface area contributed by atoms with Gasteiger partial charge in [-0.05, 0) is 6.07 Å². The third-order valence-electron chi connectivity index (χ3n) is 3.42. The number of aliphatic hydroxyl groups excluding tert-OH is 1. The van der Waals surface area contributed by atoms with Crippen LogP contribution in [0.2, 0.25) is 0 Å². The summed E-state index contributed by atoms with van der Waals surface area (Å²) in [6.07, 6.45) is -0.647. The molecule has 108 valence electrons. The van der Waals surface area contributed by atoms with Crippen LogP contribution in [0.5, 0.6) is 5.75 Å². The SMILES string of the molecule is COc1ccccc1CC(=O)N1CC(O)CC1C(=O)O. The summed E-state index contributed by atoms with van der Waals surface area (Å²) in [5.41, 5.74) is 0.700. The van der Waals surface area contributed by atoms with E-state index in [9.17, 15) is 14.7 Å². The fraction of sp³-hybridized carbons (Fsp3) is 0.429. The lowest BCUT2D eigenvalue weighted by Gasteiger charge is -2.21. The number of aliphatic hydroxyl groups is 1. The van der Waals surface area contributed by atoms with E-state index < -0.39 is 18.1 Å². The lowest BCUT2D eigenvalue weighted by atomic mass is 10.1. The molecule has 1 amide bonds. The summed E-state index contributed by atoms with van der Waals surface area (Å²) in [5, 5.41) is 18.6. The molecule has 1 saturated heterocycles. The van der Waals surface area contributed by atoms with E-state index in [1.165, 1.54) is 12.0 Å². The molecule has 0 aliphatic carbocycles. The van der Waals surface area contributed by atoms with Gasteiger partial charge >= 0.3 is 5.97 Å². The van der Waals surface area contributed by atoms with Crippen LogP contribution in [0.25, 0.3) is 0 Å². The van der Waals surface area contributed by atoms with Crippen LogP contribution in [0.15, 0.2) is 24.3 Å². The number of carbonyl (C=O) groups is 2. The van der Waals surface area contributed by atoms with Crippen LogP contribution in [-0.4, -0.2) is 52.8 Å². The first-order valence-electron chi connectivity index (χ1n) is 6.35. The maximum Gasteiger partial charge on any atom is 0.326 e. The van der Waals surface area contributed by atoms with Crippen molar-refractivity contribution in [1.82, 2.24) is 4.90 Å². The predicted octanol–water partition coefficient (Wildman–Crippen LogP) is 0.284. The van der Waals surface area contributed by atoms with Gasteiger partial charge in [-0.3, -0.25) is 4.79 Å². The summed E-state index contributed by atoms with van der Waals surface area (Å²) in [6.45, 7) is 0.0605. The molecular formula is C14H17NO5. The van der Waals surface area contributed by atoms with E-state index in [4.69, 9.17) is 9.84 Å². The van der Waals surface area contributed by atoms with E-state index in [-0.39, 0.29) is 25.3 Å². The van der Waals surface area contributed by atoms with Crippen molar-refractivity contribution < 1.29 is 24.5 Å². The molecule has 20 heavy (non-hydrogen) atoms. The molecule has 1 aliphatic heterocycles. The van der Waals surface area contributed by atoms with Gasteiger partial charge in [-0.2, -0.15) is 0 Å². The molecule has 0 spiro atoms. The van der Waals surface area contributed by atoms with Crippen LogP contribution in [0.1, 0.15) is 12.0 Å². The Labute approximate surface area is 116 Å². The van der Waals surface area contributed by atoms with Crippen LogP contribution in [0, 0.1) is 0 Å². The summed E-state index contributed by atoms with van der Waals surface area (Å²) in [6, 6.07) is 6.15. The molecule has 1 aliphatic rings. The zero-order chi connectivity index (χ0) is 14.7. The van der Waals surface area contributed by atoms with Gasteiger partial charge in [0, 0.05) is 18.5 Å². The molecule has 6 nitrogen and oxygen atoms in total. The van der Waals surface area contributed by atoms with E-state index in [0.29, 0.717) is 11.3 Å². The average molecular weight is 279 g/mol. The number of hydrogen-bond donors (Lipinski definition) is 2. The number of carboxylic acids is 1. The van der Waals surface area contributed by atoms with Crippen LogP contribution >= 0.6 is 0 Å². The van der Waals surface area contributed by atoms with Gasteiger partial charge in [-0.15, -0.1) is 0 Å². The minimum atomic E-state index is -1.09.